The van der Waals surface area contributed by atoms with Gasteiger partial charge in [-0.3, -0.25) is 9.78 Å². The molecular formula is C26H25N5O2. The van der Waals surface area contributed by atoms with Crippen LogP contribution in [0, 0.1) is 17.2 Å². The number of nitriles is 1. The SMILES string of the molecule is N#Cc1ccc(N2C3CC[C@H]2CN(C(=O)C2CC(O)(c4cccc5ncccc45)C2)C3)nc1. The second kappa shape index (κ2) is 7.53. The number of pyridine rings is 2. The molecule has 0 spiro atoms. The summed E-state index contributed by atoms with van der Waals surface area (Å²) >= 11 is 0. The molecule has 1 N–H and O–H groups in total. The zero-order chi connectivity index (χ0) is 22.6. The molecule has 3 aliphatic rings. The minimum absolute atomic E-state index is 0.152. The minimum Gasteiger partial charge on any atom is -0.385 e. The van der Waals surface area contributed by atoms with Crippen molar-refractivity contribution in [2.45, 2.75) is 43.4 Å². The van der Waals surface area contributed by atoms with E-state index in [-0.39, 0.29) is 23.9 Å². The van der Waals surface area contributed by atoms with E-state index in [1.165, 1.54) is 0 Å². The van der Waals surface area contributed by atoms with E-state index in [1.54, 1.807) is 18.5 Å². The first-order valence-electron chi connectivity index (χ1n) is 11.6. The van der Waals surface area contributed by atoms with E-state index in [0.717, 1.165) is 35.1 Å². The molecule has 166 valence electrons. The number of carbonyl (C=O) groups is 1. The molecule has 3 aromatic rings. The Hall–Kier alpha value is -3.50. The van der Waals surface area contributed by atoms with Crippen molar-refractivity contribution in [1.29, 1.82) is 5.26 Å². The van der Waals surface area contributed by atoms with E-state index in [9.17, 15) is 9.90 Å². The monoisotopic (exact) mass is 439 g/mol. The molecule has 0 radical (unpaired) electrons. The molecule has 1 saturated carbocycles. The zero-order valence-corrected chi connectivity index (χ0v) is 18.3. The van der Waals surface area contributed by atoms with Gasteiger partial charge in [-0.2, -0.15) is 5.26 Å². The summed E-state index contributed by atoms with van der Waals surface area (Å²) in [6.45, 7) is 1.37. The van der Waals surface area contributed by atoms with Gasteiger partial charge in [0.2, 0.25) is 5.91 Å². The molecule has 3 fully saturated rings. The van der Waals surface area contributed by atoms with Gasteiger partial charge in [0.1, 0.15) is 11.9 Å². The number of hydrogen-bond acceptors (Lipinski definition) is 6. The lowest BCUT2D eigenvalue weighted by Gasteiger charge is -2.48. The van der Waals surface area contributed by atoms with Crippen LogP contribution in [0.3, 0.4) is 0 Å². The zero-order valence-electron chi connectivity index (χ0n) is 18.3. The van der Waals surface area contributed by atoms with Crippen molar-refractivity contribution >= 4 is 22.6 Å². The average molecular weight is 440 g/mol. The van der Waals surface area contributed by atoms with E-state index in [4.69, 9.17) is 5.26 Å². The first-order chi connectivity index (χ1) is 16.1. The highest BCUT2D eigenvalue weighted by atomic mass is 16.3. The Balaban J connectivity index is 1.15. The van der Waals surface area contributed by atoms with Crippen LogP contribution in [0.15, 0.2) is 54.9 Å². The van der Waals surface area contributed by atoms with Crippen LogP contribution in [-0.4, -0.2) is 51.1 Å². The van der Waals surface area contributed by atoms with Gasteiger partial charge in [-0.1, -0.05) is 18.2 Å². The summed E-state index contributed by atoms with van der Waals surface area (Å²) in [6.07, 6.45) is 6.34. The quantitative estimate of drug-likeness (QED) is 0.674. The second-order valence-corrected chi connectivity index (χ2v) is 9.56. The molecule has 1 amide bonds. The van der Waals surface area contributed by atoms with Crippen molar-refractivity contribution in [1.82, 2.24) is 14.9 Å². The maximum absolute atomic E-state index is 13.3. The number of carbonyl (C=O) groups excluding carboxylic acids is 1. The molecule has 2 aliphatic heterocycles. The fourth-order valence-electron chi connectivity index (χ4n) is 5.98. The van der Waals surface area contributed by atoms with Crippen LogP contribution < -0.4 is 4.90 Å². The number of likely N-dealkylation sites (tertiary alicyclic amines) is 1. The van der Waals surface area contributed by atoms with Crippen molar-refractivity contribution < 1.29 is 9.90 Å². The number of benzene rings is 1. The van der Waals surface area contributed by atoms with Gasteiger partial charge in [-0.05, 0) is 55.5 Å². The van der Waals surface area contributed by atoms with E-state index in [2.05, 4.69) is 20.9 Å². The summed E-state index contributed by atoms with van der Waals surface area (Å²) in [5.41, 5.74) is 1.31. The van der Waals surface area contributed by atoms with Gasteiger partial charge in [0.15, 0.2) is 0 Å². The maximum Gasteiger partial charge on any atom is 0.226 e. The molecule has 1 aromatic carbocycles. The molecule has 33 heavy (non-hydrogen) atoms. The number of aromatic nitrogens is 2. The second-order valence-electron chi connectivity index (χ2n) is 9.56. The van der Waals surface area contributed by atoms with Gasteiger partial charge >= 0.3 is 0 Å². The van der Waals surface area contributed by atoms with Crippen molar-refractivity contribution in [3.63, 3.8) is 0 Å². The van der Waals surface area contributed by atoms with Gasteiger partial charge in [-0.25, -0.2) is 4.98 Å². The van der Waals surface area contributed by atoms with Crippen molar-refractivity contribution in [2.24, 2.45) is 5.92 Å². The highest BCUT2D eigenvalue weighted by Gasteiger charge is 2.51. The van der Waals surface area contributed by atoms with Crippen LogP contribution in [-0.2, 0) is 10.4 Å². The van der Waals surface area contributed by atoms with Gasteiger partial charge in [-0.15, -0.1) is 0 Å². The lowest BCUT2D eigenvalue weighted by atomic mass is 9.66. The Bertz CT molecular complexity index is 1240. The van der Waals surface area contributed by atoms with Crippen LogP contribution in [0.5, 0.6) is 0 Å². The summed E-state index contributed by atoms with van der Waals surface area (Å²) in [5.74, 6) is 0.888. The first-order valence-corrected chi connectivity index (χ1v) is 11.6. The fourth-order valence-corrected chi connectivity index (χ4v) is 5.98. The average Bonchev–Trinajstić information content (AvgIpc) is 3.10. The predicted octanol–water partition coefficient (Wildman–Crippen LogP) is 2.98. The molecule has 1 aliphatic carbocycles. The Morgan fingerprint density at radius 1 is 1.06 bits per heavy atom. The number of rotatable bonds is 3. The maximum atomic E-state index is 13.3. The topological polar surface area (TPSA) is 93.4 Å². The number of piperazine rings is 1. The highest BCUT2D eigenvalue weighted by Crippen LogP contribution is 2.48. The molecular weight excluding hydrogens is 414 g/mol. The molecule has 6 rings (SSSR count). The Morgan fingerprint density at radius 3 is 2.55 bits per heavy atom. The summed E-state index contributed by atoms with van der Waals surface area (Å²) < 4.78 is 0. The number of amides is 1. The standard InChI is InChI=1S/C26H25N5O2/c27-13-17-6-9-24(29-14-17)31-19-7-8-20(31)16-30(15-19)25(32)18-11-26(33,12-18)22-4-1-5-23-21(22)3-2-10-28-23/h1-6,9-10,14,18-20,33H,7-8,11-12,15-16H2/t18?,19-,20?,26?/m0/s1. The summed E-state index contributed by atoms with van der Waals surface area (Å²) in [6, 6.07) is 16.0. The number of fused-ring (bicyclic) bond motifs is 3. The Morgan fingerprint density at radius 2 is 1.85 bits per heavy atom. The molecule has 2 atom stereocenters. The first kappa shape index (κ1) is 20.1. The Labute approximate surface area is 192 Å². The molecule has 7 heteroatoms. The molecule has 2 aromatic heterocycles. The predicted molar refractivity (Wildman–Crippen MR) is 123 cm³/mol. The van der Waals surface area contributed by atoms with Crippen LogP contribution in [0.25, 0.3) is 10.9 Å². The molecule has 2 bridgehead atoms. The van der Waals surface area contributed by atoms with Gasteiger partial charge in [0.05, 0.1) is 16.7 Å². The lowest BCUT2D eigenvalue weighted by Crippen LogP contribution is -2.59. The third-order valence-corrected chi connectivity index (χ3v) is 7.60. The molecule has 1 unspecified atom stereocenters. The van der Waals surface area contributed by atoms with E-state index >= 15 is 0 Å². The third-order valence-electron chi connectivity index (χ3n) is 7.60. The fraction of sp³-hybridized carbons (Fsp3) is 0.385. The number of aliphatic hydroxyl groups is 1. The summed E-state index contributed by atoms with van der Waals surface area (Å²) in [4.78, 5) is 26.5. The van der Waals surface area contributed by atoms with E-state index in [1.807, 2.05) is 41.3 Å². The van der Waals surface area contributed by atoms with Crippen molar-refractivity contribution in [3.05, 3.63) is 66.0 Å². The number of hydrogen-bond donors (Lipinski definition) is 1. The minimum atomic E-state index is -0.976. The molecule has 2 saturated heterocycles. The van der Waals surface area contributed by atoms with Crippen LogP contribution in [0.2, 0.25) is 0 Å². The van der Waals surface area contributed by atoms with Gasteiger partial charge in [0.25, 0.3) is 0 Å². The van der Waals surface area contributed by atoms with Gasteiger partial charge in [0, 0.05) is 48.9 Å². The molecule has 7 nitrogen and oxygen atoms in total. The van der Waals surface area contributed by atoms with Crippen LogP contribution in [0.1, 0.15) is 36.8 Å². The molecule has 4 heterocycles. The van der Waals surface area contributed by atoms with E-state index in [0.29, 0.717) is 31.5 Å². The number of nitrogens with zero attached hydrogens (tertiary/aromatic N) is 5. The summed E-state index contributed by atoms with van der Waals surface area (Å²) in [7, 11) is 0. The smallest absolute Gasteiger partial charge is 0.226 e. The van der Waals surface area contributed by atoms with Gasteiger partial charge < -0.3 is 14.9 Å². The van der Waals surface area contributed by atoms with Crippen LogP contribution in [0.4, 0.5) is 5.82 Å². The highest BCUT2D eigenvalue weighted by molar-refractivity contribution is 5.85. The van der Waals surface area contributed by atoms with Crippen molar-refractivity contribution in [2.75, 3.05) is 18.0 Å². The Kier molecular flexibility index (Phi) is 4.59. The number of anilines is 1. The summed E-state index contributed by atoms with van der Waals surface area (Å²) in [5, 5.41) is 21.3. The largest absolute Gasteiger partial charge is 0.385 e. The van der Waals surface area contributed by atoms with Crippen molar-refractivity contribution in [3.8, 4) is 6.07 Å². The normalized spacial score (nSPS) is 28.4. The lowest BCUT2D eigenvalue weighted by molar-refractivity contribution is -0.154. The van der Waals surface area contributed by atoms with Crippen LogP contribution >= 0.6 is 0 Å². The van der Waals surface area contributed by atoms with E-state index < -0.39 is 5.60 Å². The third kappa shape index (κ3) is 3.25.